The first-order chi connectivity index (χ1) is 9.13. The summed E-state index contributed by atoms with van der Waals surface area (Å²) in [5.74, 6) is -0.571. The molecule has 0 unspecified atom stereocenters. The second kappa shape index (κ2) is 4.20. The molecule has 96 valence electrons. The van der Waals surface area contributed by atoms with Crippen molar-refractivity contribution in [3.63, 3.8) is 0 Å². The van der Waals surface area contributed by atoms with Gasteiger partial charge in [0, 0.05) is 5.56 Å². The van der Waals surface area contributed by atoms with Gasteiger partial charge in [0.1, 0.15) is 5.76 Å². The van der Waals surface area contributed by atoms with Gasteiger partial charge in [-0.25, -0.2) is 8.78 Å². The molecule has 0 saturated heterocycles. The molecule has 2 aromatic heterocycles. The van der Waals surface area contributed by atoms with E-state index in [-0.39, 0.29) is 5.95 Å². The molecule has 0 aliphatic heterocycles. The summed E-state index contributed by atoms with van der Waals surface area (Å²) >= 11 is 0. The smallest absolute Gasteiger partial charge is 0.239 e. The predicted octanol–water partition coefficient (Wildman–Crippen LogP) is 2.59. The zero-order valence-corrected chi connectivity index (χ0v) is 9.52. The molecule has 2 heterocycles. The van der Waals surface area contributed by atoms with Gasteiger partial charge in [-0.2, -0.15) is 4.98 Å². The molecule has 0 aliphatic rings. The van der Waals surface area contributed by atoms with Crippen molar-refractivity contribution in [2.45, 2.75) is 0 Å². The van der Waals surface area contributed by atoms with Crippen LogP contribution >= 0.6 is 0 Å². The molecule has 1 aromatic carbocycles. The Morgan fingerprint density at radius 1 is 1.05 bits per heavy atom. The molecule has 0 amide bonds. The zero-order valence-electron chi connectivity index (χ0n) is 9.52. The van der Waals surface area contributed by atoms with Gasteiger partial charge in [-0.1, -0.05) is 0 Å². The normalized spacial score (nSPS) is 10.8. The predicted molar refractivity (Wildman–Crippen MR) is 63.8 cm³/mol. The number of nitrogens with two attached hydrogens (primary N) is 1. The van der Waals surface area contributed by atoms with E-state index in [1.807, 2.05) is 0 Å². The van der Waals surface area contributed by atoms with Gasteiger partial charge < -0.3 is 10.2 Å². The van der Waals surface area contributed by atoms with Crippen molar-refractivity contribution >= 4 is 5.95 Å². The van der Waals surface area contributed by atoms with Crippen LogP contribution in [-0.2, 0) is 0 Å². The summed E-state index contributed by atoms with van der Waals surface area (Å²) in [6.45, 7) is 0. The topological polar surface area (TPSA) is 80.7 Å². The fourth-order valence-electron chi connectivity index (χ4n) is 1.65. The minimum absolute atomic E-state index is 0.0979. The SMILES string of the molecule is Nc1n[nH]c(-c2ccc(-c3ccc(F)c(F)c3)o2)n1. The Morgan fingerprint density at radius 2 is 1.84 bits per heavy atom. The highest BCUT2D eigenvalue weighted by molar-refractivity contribution is 5.61. The van der Waals surface area contributed by atoms with Gasteiger partial charge in [0.05, 0.1) is 0 Å². The number of furan rings is 1. The second-order valence-electron chi connectivity index (χ2n) is 3.84. The maximum Gasteiger partial charge on any atom is 0.239 e. The summed E-state index contributed by atoms with van der Waals surface area (Å²) in [5, 5.41) is 6.27. The van der Waals surface area contributed by atoms with Crippen molar-refractivity contribution in [1.29, 1.82) is 0 Å². The number of anilines is 1. The minimum atomic E-state index is -0.931. The van der Waals surface area contributed by atoms with Crippen LogP contribution in [0.15, 0.2) is 34.7 Å². The zero-order chi connectivity index (χ0) is 13.4. The highest BCUT2D eigenvalue weighted by atomic mass is 19.2. The lowest BCUT2D eigenvalue weighted by molar-refractivity contribution is 0.508. The Kier molecular flexibility index (Phi) is 2.52. The van der Waals surface area contributed by atoms with Gasteiger partial charge in [-0.05, 0) is 30.3 Å². The molecule has 5 nitrogen and oxygen atoms in total. The maximum absolute atomic E-state index is 13.1. The molecule has 0 bridgehead atoms. The molecule has 19 heavy (non-hydrogen) atoms. The van der Waals surface area contributed by atoms with Crippen molar-refractivity contribution < 1.29 is 13.2 Å². The summed E-state index contributed by atoms with van der Waals surface area (Å²) in [6.07, 6.45) is 0. The minimum Gasteiger partial charge on any atom is -0.453 e. The van der Waals surface area contributed by atoms with Gasteiger partial charge in [0.15, 0.2) is 23.2 Å². The fraction of sp³-hybridized carbons (Fsp3) is 0. The lowest BCUT2D eigenvalue weighted by Gasteiger charge is -1.98. The number of nitrogens with one attached hydrogen (secondary N) is 1. The number of rotatable bonds is 2. The highest BCUT2D eigenvalue weighted by Gasteiger charge is 2.11. The summed E-state index contributed by atoms with van der Waals surface area (Å²) in [4.78, 5) is 3.90. The molecule has 0 aliphatic carbocycles. The Bertz CT molecular complexity index is 735. The van der Waals surface area contributed by atoms with Crippen LogP contribution < -0.4 is 5.73 Å². The lowest BCUT2D eigenvalue weighted by Crippen LogP contribution is -1.85. The summed E-state index contributed by atoms with van der Waals surface area (Å²) in [5.41, 5.74) is 5.81. The van der Waals surface area contributed by atoms with Crippen LogP contribution in [0.2, 0.25) is 0 Å². The maximum atomic E-state index is 13.1. The Hall–Kier alpha value is -2.70. The Balaban J connectivity index is 1.98. The van der Waals surface area contributed by atoms with Crippen molar-refractivity contribution in [3.8, 4) is 22.9 Å². The van der Waals surface area contributed by atoms with Crippen LogP contribution in [0.4, 0.5) is 14.7 Å². The summed E-state index contributed by atoms with van der Waals surface area (Å²) < 4.78 is 31.5. The second-order valence-corrected chi connectivity index (χ2v) is 3.84. The van der Waals surface area contributed by atoms with Crippen molar-refractivity contribution in [1.82, 2.24) is 15.2 Å². The lowest BCUT2D eigenvalue weighted by atomic mass is 10.1. The number of nitrogens with zero attached hydrogens (tertiary/aromatic N) is 2. The molecular formula is C12H8F2N4O. The van der Waals surface area contributed by atoms with Crippen LogP contribution in [0.25, 0.3) is 22.9 Å². The van der Waals surface area contributed by atoms with Crippen molar-refractivity contribution in [3.05, 3.63) is 42.0 Å². The number of hydrogen-bond acceptors (Lipinski definition) is 4. The van der Waals surface area contributed by atoms with Crippen LogP contribution in [0, 0.1) is 11.6 Å². The van der Waals surface area contributed by atoms with Gasteiger partial charge >= 0.3 is 0 Å². The summed E-state index contributed by atoms with van der Waals surface area (Å²) in [7, 11) is 0. The molecule has 0 saturated carbocycles. The van der Waals surface area contributed by atoms with E-state index in [4.69, 9.17) is 10.2 Å². The molecule has 7 heteroatoms. The first-order valence-electron chi connectivity index (χ1n) is 5.37. The number of hydrogen-bond donors (Lipinski definition) is 2. The first-order valence-corrected chi connectivity index (χ1v) is 5.37. The third-order valence-corrected chi connectivity index (χ3v) is 2.55. The van der Waals surface area contributed by atoms with Crippen LogP contribution in [0.3, 0.4) is 0 Å². The molecular weight excluding hydrogens is 254 g/mol. The largest absolute Gasteiger partial charge is 0.453 e. The van der Waals surface area contributed by atoms with Crippen LogP contribution in [-0.4, -0.2) is 15.2 Å². The number of nitrogen functional groups attached to an aromatic ring is 1. The van der Waals surface area contributed by atoms with Gasteiger partial charge in [0.2, 0.25) is 5.95 Å². The fourth-order valence-corrected chi connectivity index (χ4v) is 1.65. The Labute approximate surface area is 106 Å². The van der Waals surface area contributed by atoms with E-state index in [1.54, 1.807) is 12.1 Å². The first kappa shape index (κ1) is 11.4. The van der Waals surface area contributed by atoms with E-state index in [2.05, 4.69) is 15.2 Å². The molecule has 0 spiro atoms. The van der Waals surface area contributed by atoms with E-state index in [9.17, 15) is 8.78 Å². The van der Waals surface area contributed by atoms with Gasteiger partial charge in [-0.15, -0.1) is 5.10 Å². The van der Waals surface area contributed by atoms with Crippen molar-refractivity contribution in [2.75, 3.05) is 5.73 Å². The monoisotopic (exact) mass is 262 g/mol. The molecule has 0 radical (unpaired) electrons. The molecule has 3 aromatic rings. The number of aromatic nitrogens is 3. The van der Waals surface area contributed by atoms with Crippen molar-refractivity contribution in [2.24, 2.45) is 0 Å². The number of benzene rings is 1. The number of aromatic amines is 1. The molecule has 0 fully saturated rings. The quantitative estimate of drug-likeness (QED) is 0.743. The van der Waals surface area contributed by atoms with E-state index < -0.39 is 11.6 Å². The van der Waals surface area contributed by atoms with Gasteiger partial charge in [-0.3, -0.25) is 5.10 Å². The van der Waals surface area contributed by atoms with E-state index in [0.717, 1.165) is 12.1 Å². The molecule has 3 rings (SSSR count). The van der Waals surface area contributed by atoms with Gasteiger partial charge in [0.25, 0.3) is 0 Å². The van der Waals surface area contributed by atoms with Crippen LogP contribution in [0.1, 0.15) is 0 Å². The number of H-pyrrole nitrogens is 1. The standard InChI is InChI=1S/C12H8F2N4O/c13-7-2-1-6(5-8(7)14)9-3-4-10(19-9)11-16-12(15)18-17-11/h1-5H,(H3,15,16,17,18). The van der Waals surface area contributed by atoms with E-state index >= 15 is 0 Å². The average Bonchev–Trinajstić information content (AvgIpc) is 3.01. The number of halogens is 2. The summed E-state index contributed by atoms with van der Waals surface area (Å²) in [6, 6.07) is 6.79. The third-order valence-electron chi connectivity index (χ3n) is 2.55. The molecule has 0 atom stereocenters. The van der Waals surface area contributed by atoms with E-state index in [0.29, 0.717) is 22.9 Å². The highest BCUT2D eigenvalue weighted by Crippen LogP contribution is 2.27. The molecule has 3 N–H and O–H groups in total. The Morgan fingerprint density at radius 3 is 2.53 bits per heavy atom. The average molecular weight is 262 g/mol. The third kappa shape index (κ3) is 2.05. The van der Waals surface area contributed by atoms with E-state index in [1.165, 1.54) is 6.07 Å². The van der Waals surface area contributed by atoms with Crippen LogP contribution in [0.5, 0.6) is 0 Å².